The number of nitriles is 1. The molecule has 0 bridgehead atoms. The van der Waals surface area contributed by atoms with Crippen molar-refractivity contribution < 1.29 is 31.9 Å². The smallest absolute Gasteiger partial charge is 0.419 e. The van der Waals surface area contributed by atoms with E-state index in [0.29, 0.717) is 50.1 Å². The summed E-state index contributed by atoms with van der Waals surface area (Å²) in [6.45, 7) is 1.42. The molecule has 4 heterocycles. The standard InChI is InChI=1S/C25H24F4N6O3S.ClH/c26-7-10-33-8-4-17(5-9-33)38-21-2-1-15(13-32-21)35-23(39)34(22(37)24(35)6-3-20(24)36)16-11-18(25(27,28)29)19(12-30)31-14-16;/h1-2,11,13-14,17,23,39H,3-10H2;1H. The molecule has 2 atom stereocenters. The molecule has 3 fully saturated rings. The Kier molecular flexibility index (Phi) is 8.49. The van der Waals surface area contributed by atoms with Crippen LogP contribution in [0.3, 0.4) is 0 Å². The molecule has 214 valence electrons. The molecule has 5 rings (SSSR count). The first kappa shape index (κ1) is 29.8. The molecule has 0 N–H and O–H groups in total. The van der Waals surface area contributed by atoms with Gasteiger partial charge in [-0.15, -0.1) is 25.0 Å². The Morgan fingerprint density at radius 2 is 1.85 bits per heavy atom. The van der Waals surface area contributed by atoms with E-state index in [2.05, 4.69) is 22.6 Å². The predicted molar refractivity (Wildman–Crippen MR) is 141 cm³/mol. The molecule has 2 aliphatic heterocycles. The first-order valence-electron chi connectivity index (χ1n) is 12.3. The van der Waals surface area contributed by atoms with Gasteiger partial charge in [-0.1, -0.05) is 0 Å². The number of thiol groups is 1. The van der Waals surface area contributed by atoms with Gasteiger partial charge in [0.1, 0.15) is 18.8 Å². The second-order valence-corrected chi connectivity index (χ2v) is 10.0. The van der Waals surface area contributed by atoms with Crippen molar-refractivity contribution in [3.05, 3.63) is 41.9 Å². The fourth-order valence-electron chi connectivity index (χ4n) is 5.29. The van der Waals surface area contributed by atoms with Gasteiger partial charge in [-0.05, 0) is 31.4 Å². The van der Waals surface area contributed by atoms with Crippen LogP contribution in [0.25, 0.3) is 0 Å². The van der Waals surface area contributed by atoms with Crippen LogP contribution in [0, 0.1) is 11.3 Å². The maximum atomic E-state index is 13.6. The van der Waals surface area contributed by atoms with Crippen molar-refractivity contribution in [2.75, 3.05) is 36.1 Å². The van der Waals surface area contributed by atoms with E-state index in [4.69, 9.17) is 10.00 Å². The third-order valence-corrected chi connectivity index (χ3v) is 7.87. The molecule has 1 aliphatic carbocycles. The Hall–Kier alpha value is -3.15. The van der Waals surface area contributed by atoms with Crippen LogP contribution in [0.5, 0.6) is 5.88 Å². The number of amides is 1. The minimum absolute atomic E-state index is 0. The van der Waals surface area contributed by atoms with Crippen LogP contribution in [0.2, 0.25) is 0 Å². The van der Waals surface area contributed by atoms with Crippen molar-refractivity contribution in [1.29, 1.82) is 5.26 Å². The van der Waals surface area contributed by atoms with E-state index in [-0.39, 0.29) is 42.8 Å². The third-order valence-electron chi connectivity index (χ3n) is 7.41. The second kappa shape index (κ2) is 11.4. The molecule has 2 aromatic heterocycles. The molecular formula is C25H25ClF4N6O3S. The molecule has 1 saturated carbocycles. The van der Waals surface area contributed by atoms with Crippen LogP contribution in [-0.4, -0.2) is 70.0 Å². The van der Waals surface area contributed by atoms with Gasteiger partial charge in [-0.25, -0.2) is 14.4 Å². The van der Waals surface area contributed by atoms with Crippen molar-refractivity contribution in [3.8, 4) is 11.9 Å². The Morgan fingerprint density at radius 1 is 1.15 bits per heavy atom. The number of hydrogen-bond donors (Lipinski definition) is 1. The second-order valence-electron chi connectivity index (χ2n) is 9.58. The van der Waals surface area contributed by atoms with Gasteiger partial charge in [0.25, 0.3) is 5.91 Å². The van der Waals surface area contributed by atoms with Crippen molar-refractivity contribution in [2.45, 2.75) is 49.0 Å². The fraction of sp³-hybridized carbons (Fsp3) is 0.480. The summed E-state index contributed by atoms with van der Waals surface area (Å²) < 4.78 is 59.3. The number of carbonyl (C=O) groups excluding carboxylic acids is 2. The number of piperidine rings is 1. The first-order valence-corrected chi connectivity index (χ1v) is 12.8. The summed E-state index contributed by atoms with van der Waals surface area (Å²) in [4.78, 5) is 38.9. The molecule has 40 heavy (non-hydrogen) atoms. The number of ketones is 1. The number of halogens is 5. The number of pyridine rings is 2. The number of anilines is 2. The summed E-state index contributed by atoms with van der Waals surface area (Å²) in [5, 5.41) is 9.06. The summed E-state index contributed by atoms with van der Waals surface area (Å²) in [6.07, 6.45) is -0.831. The molecule has 1 amide bonds. The number of hydrogen-bond acceptors (Lipinski definition) is 9. The summed E-state index contributed by atoms with van der Waals surface area (Å²) >= 11 is 4.53. The largest absolute Gasteiger partial charge is 0.474 e. The molecule has 0 aromatic carbocycles. The van der Waals surface area contributed by atoms with Crippen molar-refractivity contribution in [1.82, 2.24) is 14.9 Å². The zero-order chi connectivity index (χ0) is 27.9. The number of ether oxygens (including phenoxy) is 1. The van der Waals surface area contributed by atoms with Gasteiger partial charge in [0.05, 0.1) is 29.3 Å². The minimum atomic E-state index is -4.88. The normalized spacial score (nSPS) is 23.6. The summed E-state index contributed by atoms with van der Waals surface area (Å²) in [5.41, 5.74) is -4.77. The predicted octanol–water partition coefficient (Wildman–Crippen LogP) is 3.77. The maximum absolute atomic E-state index is 13.6. The van der Waals surface area contributed by atoms with Gasteiger partial charge in [-0.2, -0.15) is 18.4 Å². The number of carbonyl (C=O) groups is 2. The van der Waals surface area contributed by atoms with Gasteiger partial charge < -0.3 is 14.5 Å². The van der Waals surface area contributed by atoms with E-state index in [1.807, 2.05) is 4.90 Å². The lowest BCUT2D eigenvalue weighted by molar-refractivity contribution is -0.140. The van der Waals surface area contributed by atoms with E-state index < -0.39 is 41.1 Å². The van der Waals surface area contributed by atoms with Crippen molar-refractivity contribution in [3.63, 3.8) is 0 Å². The zero-order valence-electron chi connectivity index (χ0n) is 21.0. The quantitative estimate of drug-likeness (QED) is 0.304. The van der Waals surface area contributed by atoms with Gasteiger partial charge in [0, 0.05) is 32.1 Å². The van der Waals surface area contributed by atoms with E-state index in [1.54, 1.807) is 12.1 Å². The van der Waals surface area contributed by atoms with Crippen LogP contribution < -0.4 is 14.5 Å². The third kappa shape index (κ3) is 5.06. The average molecular weight is 601 g/mol. The first-order chi connectivity index (χ1) is 18.6. The SMILES string of the molecule is Cl.N#Cc1ncc(N2C(=O)C3(CCC3=O)N(c3ccc(OC4CCN(CCF)CC4)nc3)C2S)cc1C(F)(F)F. The Balaban J connectivity index is 0.00000370. The highest BCUT2D eigenvalue weighted by Gasteiger charge is 2.66. The topological polar surface area (TPSA) is 103 Å². The highest BCUT2D eigenvalue weighted by Crippen LogP contribution is 2.48. The van der Waals surface area contributed by atoms with Crippen LogP contribution >= 0.6 is 25.0 Å². The number of aromatic nitrogens is 2. The lowest BCUT2D eigenvalue weighted by Crippen LogP contribution is -2.63. The average Bonchev–Trinajstić information content (AvgIpc) is 3.16. The monoisotopic (exact) mass is 600 g/mol. The van der Waals surface area contributed by atoms with Gasteiger partial charge >= 0.3 is 6.18 Å². The van der Waals surface area contributed by atoms with Crippen LogP contribution in [0.15, 0.2) is 30.6 Å². The van der Waals surface area contributed by atoms with E-state index in [9.17, 15) is 27.2 Å². The van der Waals surface area contributed by atoms with Crippen molar-refractivity contribution in [2.24, 2.45) is 0 Å². The van der Waals surface area contributed by atoms with E-state index >= 15 is 0 Å². The Bertz CT molecular complexity index is 1320. The van der Waals surface area contributed by atoms with E-state index in [0.717, 1.165) is 11.1 Å². The molecule has 2 unspecified atom stereocenters. The summed E-state index contributed by atoms with van der Waals surface area (Å²) in [5.74, 6) is -0.772. The molecule has 0 radical (unpaired) electrons. The van der Waals surface area contributed by atoms with Crippen molar-refractivity contribution >= 4 is 48.1 Å². The van der Waals surface area contributed by atoms with Crippen LogP contribution in [-0.2, 0) is 15.8 Å². The highest BCUT2D eigenvalue weighted by molar-refractivity contribution is 7.81. The zero-order valence-corrected chi connectivity index (χ0v) is 22.7. The van der Waals surface area contributed by atoms with Crippen LogP contribution in [0.1, 0.15) is 36.9 Å². The fourth-order valence-corrected chi connectivity index (χ4v) is 5.85. The van der Waals surface area contributed by atoms with Crippen LogP contribution in [0.4, 0.5) is 28.9 Å². The number of alkyl halides is 4. The lowest BCUT2D eigenvalue weighted by atomic mass is 9.74. The number of Topliss-reactive ketones (excluding diaryl/α,β-unsaturated/α-hetero) is 1. The molecule has 2 aromatic rings. The molecule has 3 aliphatic rings. The molecular weight excluding hydrogens is 576 g/mol. The lowest BCUT2D eigenvalue weighted by Gasteiger charge is -2.42. The van der Waals surface area contributed by atoms with E-state index in [1.165, 1.54) is 17.2 Å². The minimum Gasteiger partial charge on any atom is -0.474 e. The molecule has 2 saturated heterocycles. The molecule has 15 heteroatoms. The Morgan fingerprint density at radius 3 is 2.38 bits per heavy atom. The summed E-state index contributed by atoms with van der Waals surface area (Å²) in [6, 6.07) is 5.29. The number of rotatable bonds is 6. The molecule has 9 nitrogen and oxygen atoms in total. The Labute approximate surface area is 238 Å². The van der Waals surface area contributed by atoms with Gasteiger partial charge in [-0.3, -0.25) is 14.5 Å². The van der Waals surface area contributed by atoms with Gasteiger partial charge in [0.2, 0.25) is 5.88 Å². The number of nitrogens with zero attached hydrogens (tertiary/aromatic N) is 6. The summed E-state index contributed by atoms with van der Waals surface area (Å²) in [7, 11) is 0. The molecule has 1 spiro atoms. The number of likely N-dealkylation sites (tertiary alicyclic amines) is 1. The highest BCUT2D eigenvalue weighted by atomic mass is 35.5. The maximum Gasteiger partial charge on any atom is 0.419 e. The van der Waals surface area contributed by atoms with Gasteiger partial charge in [0.15, 0.2) is 22.5 Å².